The fourth-order valence-electron chi connectivity index (χ4n) is 2.43. The number of para-hydroxylation sites is 1. The first-order valence-electron chi connectivity index (χ1n) is 6.65. The first kappa shape index (κ1) is 12.6. The van der Waals surface area contributed by atoms with Gasteiger partial charge in [-0.1, -0.05) is 29.6 Å². The van der Waals surface area contributed by atoms with Crippen LogP contribution in [0.5, 0.6) is 5.75 Å². The zero-order valence-corrected chi connectivity index (χ0v) is 11.7. The summed E-state index contributed by atoms with van der Waals surface area (Å²) in [6.45, 7) is 3.89. The molecule has 1 atom stereocenters. The highest BCUT2D eigenvalue weighted by Gasteiger charge is 2.24. The fraction of sp³-hybridized carbons (Fsp3) is 0.429. The third kappa shape index (κ3) is 2.48. The quantitative estimate of drug-likeness (QED) is 0.911. The van der Waals surface area contributed by atoms with Crippen molar-refractivity contribution < 1.29 is 4.74 Å². The van der Waals surface area contributed by atoms with Gasteiger partial charge >= 0.3 is 0 Å². The molecule has 0 saturated carbocycles. The fourth-order valence-corrected chi connectivity index (χ4v) is 2.91. The van der Waals surface area contributed by atoms with Gasteiger partial charge in [-0.3, -0.25) is 0 Å². The molecule has 3 rings (SSSR count). The number of nitrogens with one attached hydrogen (secondary N) is 1. The highest BCUT2D eigenvalue weighted by molar-refractivity contribution is 7.03. The third-order valence-electron chi connectivity index (χ3n) is 3.33. The lowest BCUT2D eigenvalue weighted by molar-refractivity contribution is 0.350. The average molecular weight is 275 g/mol. The van der Waals surface area contributed by atoms with Crippen LogP contribution in [-0.4, -0.2) is 22.7 Å². The van der Waals surface area contributed by atoms with Gasteiger partial charge in [0, 0.05) is 17.4 Å². The summed E-state index contributed by atoms with van der Waals surface area (Å²) in [4.78, 5) is 0. The molecule has 1 unspecified atom stereocenters. The molecule has 2 aromatic rings. The highest BCUT2D eigenvalue weighted by atomic mass is 32.1. The van der Waals surface area contributed by atoms with Gasteiger partial charge in [0.2, 0.25) is 0 Å². The molecule has 5 heteroatoms. The number of ether oxygens (including phenoxy) is 1. The zero-order chi connectivity index (χ0) is 13.1. The Morgan fingerprint density at radius 2 is 2.42 bits per heavy atom. The summed E-state index contributed by atoms with van der Waals surface area (Å²) in [5.74, 6) is 1.03. The van der Waals surface area contributed by atoms with Crippen LogP contribution < -0.4 is 10.1 Å². The first-order valence-corrected chi connectivity index (χ1v) is 7.48. The first-order chi connectivity index (χ1) is 9.40. The zero-order valence-electron chi connectivity index (χ0n) is 10.9. The van der Waals surface area contributed by atoms with E-state index >= 15 is 0 Å². The Labute approximate surface area is 117 Å². The molecule has 0 amide bonds. The molecule has 1 aromatic heterocycles. The summed E-state index contributed by atoms with van der Waals surface area (Å²) in [5, 5.41) is 9.77. The van der Waals surface area contributed by atoms with Crippen LogP contribution in [-0.2, 0) is 6.42 Å². The van der Waals surface area contributed by atoms with Crippen molar-refractivity contribution in [3.8, 4) is 5.75 Å². The van der Waals surface area contributed by atoms with Crippen molar-refractivity contribution in [1.29, 1.82) is 0 Å². The molecule has 100 valence electrons. The van der Waals surface area contributed by atoms with Crippen LogP contribution in [0.25, 0.3) is 0 Å². The Balaban J connectivity index is 1.98. The topological polar surface area (TPSA) is 47.0 Å². The van der Waals surface area contributed by atoms with Crippen LogP contribution in [0.3, 0.4) is 0 Å². The second-order valence-corrected chi connectivity index (χ2v) is 5.26. The van der Waals surface area contributed by atoms with E-state index in [-0.39, 0.29) is 6.04 Å². The predicted molar refractivity (Wildman–Crippen MR) is 75.7 cm³/mol. The number of hydrogen-bond donors (Lipinski definition) is 1. The maximum absolute atomic E-state index is 5.80. The summed E-state index contributed by atoms with van der Waals surface area (Å²) in [5.41, 5.74) is 3.45. The van der Waals surface area contributed by atoms with Gasteiger partial charge in [-0.2, -0.15) is 0 Å². The summed E-state index contributed by atoms with van der Waals surface area (Å²) >= 11 is 1.39. The maximum atomic E-state index is 5.80. The number of nitrogens with zero attached hydrogens (tertiary/aromatic N) is 2. The van der Waals surface area contributed by atoms with E-state index in [4.69, 9.17) is 4.74 Å². The summed E-state index contributed by atoms with van der Waals surface area (Å²) in [6.07, 6.45) is 2.09. The molecule has 0 aliphatic carbocycles. The average Bonchev–Trinajstić information content (AvgIpc) is 3.10. The van der Waals surface area contributed by atoms with Crippen LogP contribution >= 0.6 is 11.5 Å². The van der Waals surface area contributed by atoms with Crippen LogP contribution in [0.2, 0.25) is 0 Å². The van der Waals surface area contributed by atoms with Crippen LogP contribution in [0.15, 0.2) is 23.6 Å². The predicted octanol–water partition coefficient (Wildman–Crippen LogP) is 2.56. The van der Waals surface area contributed by atoms with Crippen molar-refractivity contribution in [3.05, 3.63) is 40.4 Å². The number of fused-ring (bicyclic) bond motifs is 1. The van der Waals surface area contributed by atoms with Crippen molar-refractivity contribution in [2.24, 2.45) is 0 Å². The molecule has 2 heterocycles. The van der Waals surface area contributed by atoms with Gasteiger partial charge in [0.1, 0.15) is 5.75 Å². The molecule has 4 nitrogen and oxygen atoms in total. The Kier molecular flexibility index (Phi) is 3.75. The molecule has 1 N–H and O–H groups in total. The number of rotatable bonds is 5. The molecule has 19 heavy (non-hydrogen) atoms. The number of aromatic nitrogens is 2. The standard InChI is InChI=1S/C14H17N3OS/c1-2-7-15-13(12-9-19-17-16-12)11-5-3-4-10-6-8-18-14(10)11/h3-5,9,13,15H,2,6-8H2,1H3. The van der Waals surface area contributed by atoms with E-state index < -0.39 is 0 Å². The molecule has 1 aliphatic heterocycles. The normalized spacial score (nSPS) is 15.0. The Morgan fingerprint density at radius 3 is 3.21 bits per heavy atom. The van der Waals surface area contributed by atoms with Crippen molar-refractivity contribution in [3.63, 3.8) is 0 Å². The van der Waals surface area contributed by atoms with E-state index in [2.05, 4.69) is 40.0 Å². The summed E-state index contributed by atoms with van der Waals surface area (Å²) in [7, 11) is 0. The molecule has 0 radical (unpaired) electrons. The van der Waals surface area contributed by atoms with Crippen molar-refractivity contribution >= 4 is 11.5 Å². The van der Waals surface area contributed by atoms with Gasteiger partial charge in [-0.05, 0) is 30.1 Å². The second kappa shape index (κ2) is 5.67. The minimum atomic E-state index is 0.0757. The van der Waals surface area contributed by atoms with E-state index in [1.54, 1.807) is 0 Å². The monoisotopic (exact) mass is 275 g/mol. The number of benzene rings is 1. The van der Waals surface area contributed by atoms with Crippen LogP contribution in [0, 0.1) is 0 Å². The van der Waals surface area contributed by atoms with E-state index in [0.29, 0.717) is 0 Å². The molecule has 0 spiro atoms. The van der Waals surface area contributed by atoms with Crippen molar-refractivity contribution in [1.82, 2.24) is 14.9 Å². The molecule has 1 aromatic carbocycles. The third-order valence-corrected chi connectivity index (χ3v) is 3.85. The largest absolute Gasteiger partial charge is 0.493 e. The van der Waals surface area contributed by atoms with Crippen molar-refractivity contribution in [2.45, 2.75) is 25.8 Å². The Morgan fingerprint density at radius 1 is 1.47 bits per heavy atom. The van der Waals surface area contributed by atoms with Gasteiger partial charge in [0.05, 0.1) is 18.3 Å². The van der Waals surface area contributed by atoms with Gasteiger partial charge in [0.15, 0.2) is 0 Å². The molecule has 0 saturated heterocycles. The van der Waals surface area contributed by atoms with Gasteiger partial charge in [0.25, 0.3) is 0 Å². The Hall–Kier alpha value is -1.46. The molecule has 0 bridgehead atoms. The summed E-state index contributed by atoms with van der Waals surface area (Å²) in [6, 6.07) is 6.44. The van der Waals surface area contributed by atoms with Crippen molar-refractivity contribution in [2.75, 3.05) is 13.2 Å². The van der Waals surface area contributed by atoms with Crippen LogP contribution in [0.4, 0.5) is 0 Å². The second-order valence-electron chi connectivity index (χ2n) is 4.65. The SMILES string of the molecule is CCCNC(c1csnn1)c1cccc2c1OCC2. The molecular formula is C14H17N3OS. The van der Waals surface area contributed by atoms with Gasteiger partial charge < -0.3 is 10.1 Å². The van der Waals surface area contributed by atoms with E-state index in [0.717, 1.165) is 37.4 Å². The smallest absolute Gasteiger partial charge is 0.127 e. The van der Waals surface area contributed by atoms with E-state index in [9.17, 15) is 0 Å². The lowest BCUT2D eigenvalue weighted by Crippen LogP contribution is -2.24. The van der Waals surface area contributed by atoms with Gasteiger partial charge in [-0.15, -0.1) is 5.10 Å². The minimum Gasteiger partial charge on any atom is -0.493 e. The lowest BCUT2D eigenvalue weighted by Gasteiger charge is -2.19. The van der Waals surface area contributed by atoms with Gasteiger partial charge in [-0.25, -0.2) is 0 Å². The molecule has 1 aliphatic rings. The maximum Gasteiger partial charge on any atom is 0.127 e. The Bertz CT molecular complexity index is 542. The van der Waals surface area contributed by atoms with E-state index in [1.165, 1.54) is 22.7 Å². The molecule has 0 fully saturated rings. The highest BCUT2D eigenvalue weighted by Crippen LogP contribution is 2.35. The minimum absolute atomic E-state index is 0.0757. The van der Waals surface area contributed by atoms with E-state index in [1.807, 2.05) is 5.38 Å². The van der Waals surface area contributed by atoms with Crippen LogP contribution in [0.1, 0.15) is 36.2 Å². The summed E-state index contributed by atoms with van der Waals surface area (Å²) < 4.78 is 9.78. The lowest BCUT2D eigenvalue weighted by atomic mass is 10.00. The molecular weight excluding hydrogens is 258 g/mol. The number of hydrogen-bond acceptors (Lipinski definition) is 5.